The summed E-state index contributed by atoms with van der Waals surface area (Å²) in [5, 5.41) is 12.1. The fourth-order valence-electron chi connectivity index (χ4n) is 2.25. The van der Waals surface area contributed by atoms with Gasteiger partial charge in [0.2, 0.25) is 0 Å². The highest BCUT2D eigenvalue weighted by atomic mass is 35.5. The number of hydrogen-bond acceptors (Lipinski definition) is 5. The fraction of sp³-hybridized carbons (Fsp3) is 0.125. The van der Waals surface area contributed by atoms with E-state index in [0.717, 1.165) is 0 Å². The van der Waals surface area contributed by atoms with Crippen molar-refractivity contribution in [2.45, 2.75) is 6.42 Å². The summed E-state index contributed by atoms with van der Waals surface area (Å²) in [7, 11) is 1.50. The van der Waals surface area contributed by atoms with E-state index in [4.69, 9.17) is 25.9 Å². The van der Waals surface area contributed by atoms with Gasteiger partial charge in [-0.3, -0.25) is 4.79 Å². The fourth-order valence-corrected chi connectivity index (χ4v) is 2.42. The highest BCUT2D eigenvalue weighted by Crippen LogP contribution is 2.32. The van der Waals surface area contributed by atoms with Crippen molar-refractivity contribution in [1.82, 2.24) is 4.98 Å². The largest absolute Gasteiger partial charge is 0.495 e. The average molecular weight is 351 g/mol. The zero-order valence-electron chi connectivity index (χ0n) is 12.5. The molecular formula is C16H12ClFN2O4. The number of ether oxygens (including phenoxy) is 1. The molecule has 0 unspecified atom stereocenters. The summed E-state index contributed by atoms with van der Waals surface area (Å²) in [6, 6.07) is 7.85. The number of aromatic nitrogens is 1. The third-order valence-corrected chi connectivity index (χ3v) is 3.56. The Morgan fingerprint density at radius 3 is 2.92 bits per heavy atom. The van der Waals surface area contributed by atoms with Gasteiger partial charge in [-0.15, -0.1) is 0 Å². The SMILES string of the molecule is COc1ccc(Cl)cc1Nc1nc2ccc(CC(=O)O)c(F)c2o1. The first-order valence-electron chi connectivity index (χ1n) is 6.88. The van der Waals surface area contributed by atoms with Crippen molar-refractivity contribution >= 4 is 40.4 Å². The standard InChI is InChI=1S/C16H12ClFN2O4/c1-23-12-5-3-9(17)7-11(12)20-16-19-10-4-2-8(6-13(21)22)14(18)15(10)24-16/h2-5,7H,6H2,1H3,(H,19,20)(H,21,22). The number of carboxylic acid groups (broad SMARTS) is 1. The van der Waals surface area contributed by atoms with Crippen LogP contribution in [0.15, 0.2) is 34.7 Å². The molecule has 3 aromatic rings. The van der Waals surface area contributed by atoms with Crippen molar-refractivity contribution < 1.29 is 23.4 Å². The Balaban J connectivity index is 1.98. The van der Waals surface area contributed by atoms with E-state index in [1.54, 1.807) is 18.2 Å². The Labute approximate surface area is 140 Å². The van der Waals surface area contributed by atoms with Gasteiger partial charge in [0.25, 0.3) is 6.01 Å². The predicted molar refractivity (Wildman–Crippen MR) is 86.6 cm³/mol. The van der Waals surface area contributed by atoms with E-state index in [1.807, 2.05) is 0 Å². The van der Waals surface area contributed by atoms with E-state index in [0.29, 0.717) is 16.5 Å². The van der Waals surface area contributed by atoms with Crippen molar-refractivity contribution in [3.63, 3.8) is 0 Å². The molecular weight excluding hydrogens is 339 g/mol. The smallest absolute Gasteiger partial charge is 0.307 e. The third-order valence-electron chi connectivity index (χ3n) is 3.32. The van der Waals surface area contributed by atoms with Gasteiger partial charge in [-0.1, -0.05) is 17.7 Å². The molecule has 0 radical (unpaired) electrons. The van der Waals surface area contributed by atoms with E-state index in [-0.39, 0.29) is 22.7 Å². The number of halogens is 2. The third kappa shape index (κ3) is 3.11. The van der Waals surface area contributed by atoms with Gasteiger partial charge < -0.3 is 19.6 Å². The lowest BCUT2D eigenvalue weighted by Gasteiger charge is -2.08. The normalized spacial score (nSPS) is 10.8. The first-order valence-corrected chi connectivity index (χ1v) is 7.26. The van der Waals surface area contributed by atoms with Gasteiger partial charge in [0.05, 0.1) is 19.2 Å². The summed E-state index contributed by atoms with van der Waals surface area (Å²) in [6.45, 7) is 0. The maximum Gasteiger partial charge on any atom is 0.307 e. The minimum absolute atomic E-state index is 0.0260. The number of hydrogen-bond donors (Lipinski definition) is 2. The number of aliphatic carboxylic acids is 1. The Kier molecular flexibility index (Phi) is 4.26. The second-order valence-corrected chi connectivity index (χ2v) is 5.38. The highest BCUT2D eigenvalue weighted by Gasteiger charge is 2.17. The summed E-state index contributed by atoms with van der Waals surface area (Å²) < 4.78 is 24.9. The maximum absolute atomic E-state index is 14.3. The van der Waals surface area contributed by atoms with E-state index in [2.05, 4.69) is 10.3 Å². The number of methoxy groups -OCH3 is 1. The van der Waals surface area contributed by atoms with Gasteiger partial charge in [-0.25, -0.2) is 4.39 Å². The second kappa shape index (κ2) is 6.37. The van der Waals surface area contributed by atoms with E-state index >= 15 is 0 Å². The van der Waals surface area contributed by atoms with Crippen LogP contribution >= 0.6 is 11.6 Å². The number of rotatable bonds is 5. The van der Waals surface area contributed by atoms with Gasteiger partial charge in [0, 0.05) is 10.6 Å². The lowest BCUT2D eigenvalue weighted by atomic mass is 10.1. The summed E-state index contributed by atoms with van der Waals surface area (Å²) in [5.74, 6) is -1.36. The number of nitrogens with one attached hydrogen (secondary N) is 1. The molecule has 0 bridgehead atoms. The molecule has 0 fully saturated rings. The molecule has 8 heteroatoms. The predicted octanol–water partition coefficient (Wildman–Crippen LogP) is 4.00. The van der Waals surface area contributed by atoms with Crippen LogP contribution < -0.4 is 10.1 Å². The topological polar surface area (TPSA) is 84.6 Å². The van der Waals surface area contributed by atoms with Crippen LogP contribution in [0.3, 0.4) is 0 Å². The molecule has 2 aromatic carbocycles. The average Bonchev–Trinajstić information content (AvgIpc) is 2.93. The highest BCUT2D eigenvalue weighted by molar-refractivity contribution is 6.31. The van der Waals surface area contributed by atoms with Crippen LogP contribution in [0.25, 0.3) is 11.1 Å². The number of carboxylic acids is 1. The minimum Gasteiger partial charge on any atom is -0.495 e. The molecule has 0 saturated carbocycles. The molecule has 6 nitrogen and oxygen atoms in total. The van der Waals surface area contributed by atoms with Crippen molar-refractivity contribution in [3.8, 4) is 5.75 Å². The van der Waals surface area contributed by atoms with Gasteiger partial charge in [0.15, 0.2) is 11.4 Å². The lowest BCUT2D eigenvalue weighted by molar-refractivity contribution is -0.136. The number of oxazole rings is 1. The van der Waals surface area contributed by atoms with Crippen molar-refractivity contribution in [3.05, 3.63) is 46.7 Å². The molecule has 0 spiro atoms. The number of anilines is 2. The van der Waals surface area contributed by atoms with Gasteiger partial charge >= 0.3 is 5.97 Å². The molecule has 0 aliphatic carbocycles. The lowest BCUT2D eigenvalue weighted by Crippen LogP contribution is -2.02. The molecule has 0 atom stereocenters. The van der Waals surface area contributed by atoms with Crippen LogP contribution in [0.2, 0.25) is 5.02 Å². The molecule has 0 amide bonds. The number of carbonyl (C=O) groups is 1. The zero-order valence-corrected chi connectivity index (χ0v) is 13.2. The first-order chi connectivity index (χ1) is 11.5. The molecule has 2 N–H and O–H groups in total. The molecule has 0 aliphatic rings. The Morgan fingerprint density at radius 2 is 2.21 bits per heavy atom. The molecule has 24 heavy (non-hydrogen) atoms. The molecule has 3 rings (SSSR count). The second-order valence-electron chi connectivity index (χ2n) is 4.95. The van der Waals surface area contributed by atoms with Crippen LogP contribution in [0.1, 0.15) is 5.56 Å². The van der Waals surface area contributed by atoms with Gasteiger partial charge in [0.1, 0.15) is 11.3 Å². The Hall–Kier alpha value is -2.80. The van der Waals surface area contributed by atoms with Crippen LogP contribution in [-0.4, -0.2) is 23.2 Å². The molecule has 0 aliphatic heterocycles. The Morgan fingerprint density at radius 1 is 1.42 bits per heavy atom. The maximum atomic E-state index is 14.3. The van der Waals surface area contributed by atoms with E-state index < -0.39 is 18.2 Å². The number of fused-ring (bicyclic) bond motifs is 1. The molecule has 0 saturated heterocycles. The van der Waals surface area contributed by atoms with Crippen molar-refractivity contribution in [1.29, 1.82) is 0 Å². The van der Waals surface area contributed by atoms with Crippen LogP contribution in [-0.2, 0) is 11.2 Å². The number of benzene rings is 2. The first kappa shape index (κ1) is 16.1. The van der Waals surface area contributed by atoms with E-state index in [1.165, 1.54) is 19.2 Å². The zero-order chi connectivity index (χ0) is 17.3. The molecule has 1 heterocycles. The van der Waals surface area contributed by atoms with Gasteiger partial charge in [-0.05, 0) is 24.3 Å². The quantitative estimate of drug-likeness (QED) is 0.723. The summed E-state index contributed by atoms with van der Waals surface area (Å²) in [5.41, 5.74) is 0.683. The summed E-state index contributed by atoms with van der Waals surface area (Å²) >= 11 is 5.95. The van der Waals surface area contributed by atoms with Crippen LogP contribution in [0.5, 0.6) is 5.75 Å². The van der Waals surface area contributed by atoms with E-state index in [9.17, 15) is 9.18 Å². The Bertz CT molecular complexity index is 926. The van der Waals surface area contributed by atoms with Crippen molar-refractivity contribution in [2.24, 2.45) is 0 Å². The van der Waals surface area contributed by atoms with Gasteiger partial charge in [-0.2, -0.15) is 4.98 Å². The van der Waals surface area contributed by atoms with Crippen molar-refractivity contribution in [2.75, 3.05) is 12.4 Å². The summed E-state index contributed by atoms with van der Waals surface area (Å²) in [6.07, 6.45) is -0.437. The molecule has 124 valence electrons. The van der Waals surface area contributed by atoms with Crippen LogP contribution in [0.4, 0.5) is 16.1 Å². The minimum atomic E-state index is -1.13. The van der Waals surface area contributed by atoms with Crippen LogP contribution in [0, 0.1) is 5.82 Å². The monoisotopic (exact) mass is 350 g/mol. The molecule has 1 aromatic heterocycles. The summed E-state index contributed by atoms with van der Waals surface area (Å²) in [4.78, 5) is 14.9. The number of nitrogens with zero attached hydrogens (tertiary/aromatic N) is 1.